The van der Waals surface area contributed by atoms with E-state index >= 15 is 0 Å². The van der Waals surface area contributed by atoms with Gasteiger partial charge in [-0.05, 0) is 24.6 Å². The number of methoxy groups -OCH3 is 2. The zero-order valence-electron chi connectivity index (χ0n) is 11.4. The van der Waals surface area contributed by atoms with E-state index in [1.165, 1.54) is 7.11 Å². The highest BCUT2D eigenvalue weighted by molar-refractivity contribution is 5.71. The van der Waals surface area contributed by atoms with E-state index in [9.17, 15) is 4.79 Å². The molecule has 2 atom stereocenters. The van der Waals surface area contributed by atoms with Crippen LogP contribution in [0.5, 0.6) is 5.75 Å². The van der Waals surface area contributed by atoms with Crippen LogP contribution in [0, 0.1) is 0 Å². The van der Waals surface area contributed by atoms with Gasteiger partial charge in [0.05, 0.1) is 20.6 Å². The number of rotatable bonds is 5. The first-order valence-electron chi connectivity index (χ1n) is 5.91. The van der Waals surface area contributed by atoms with Gasteiger partial charge in [-0.3, -0.25) is 4.79 Å². The quantitative estimate of drug-likeness (QED) is 0.811. The molecule has 1 rings (SSSR count). The van der Waals surface area contributed by atoms with Crippen molar-refractivity contribution in [3.8, 4) is 5.75 Å². The van der Waals surface area contributed by atoms with Crippen LogP contribution in [-0.2, 0) is 14.9 Å². The number of ether oxygens (including phenoxy) is 2. The number of benzene rings is 1. The summed E-state index contributed by atoms with van der Waals surface area (Å²) in [6.45, 7) is 3.85. The van der Waals surface area contributed by atoms with Crippen LogP contribution in [0.15, 0.2) is 24.3 Å². The molecule has 0 spiro atoms. The molecule has 4 nitrogen and oxygen atoms in total. The molecule has 0 saturated heterocycles. The molecular weight excluding hydrogens is 230 g/mol. The second-order valence-corrected chi connectivity index (χ2v) is 4.69. The number of hydrogen-bond donors (Lipinski definition) is 1. The van der Waals surface area contributed by atoms with Crippen LogP contribution in [0.25, 0.3) is 0 Å². The van der Waals surface area contributed by atoms with Gasteiger partial charge in [-0.1, -0.05) is 19.1 Å². The highest BCUT2D eigenvalue weighted by atomic mass is 16.5. The topological polar surface area (TPSA) is 61.5 Å². The van der Waals surface area contributed by atoms with E-state index in [0.717, 1.165) is 11.3 Å². The second kappa shape index (κ2) is 5.87. The van der Waals surface area contributed by atoms with Crippen LogP contribution in [0.4, 0.5) is 0 Å². The summed E-state index contributed by atoms with van der Waals surface area (Å²) in [6, 6.07) is 7.44. The van der Waals surface area contributed by atoms with Crippen molar-refractivity contribution in [3.05, 3.63) is 29.8 Å². The SMILES string of the molecule is COC(=O)CC(C)(c1cccc(OC)c1)C(C)N. The molecule has 18 heavy (non-hydrogen) atoms. The molecule has 0 bridgehead atoms. The Morgan fingerprint density at radius 2 is 2.11 bits per heavy atom. The monoisotopic (exact) mass is 251 g/mol. The summed E-state index contributed by atoms with van der Waals surface area (Å²) >= 11 is 0. The van der Waals surface area contributed by atoms with Crippen molar-refractivity contribution in [2.75, 3.05) is 14.2 Å². The average Bonchev–Trinajstić information content (AvgIpc) is 2.38. The third-order valence-electron chi connectivity index (χ3n) is 3.47. The number of carbonyl (C=O) groups excluding carboxylic acids is 1. The molecule has 0 heterocycles. The fourth-order valence-electron chi connectivity index (χ4n) is 1.88. The van der Waals surface area contributed by atoms with E-state index in [1.807, 2.05) is 38.1 Å². The van der Waals surface area contributed by atoms with E-state index in [2.05, 4.69) is 0 Å². The first-order valence-corrected chi connectivity index (χ1v) is 5.91. The molecule has 0 fully saturated rings. The van der Waals surface area contributed by atoms with Crippen molar-refractivity contribution in [2.24, 2.45) is 5.73 Å². The Kier molecular flexibility index (Phi) is 4.73. The third-order valence-corrected chi connectivity index (χ3v) is 3.47. The van der Waals surface area contributed by atoms with E-state index in [0.29, 0.717) is 0 Å². The molecule has 4 heteroatoms. The van der Waals surface area contributed by atoms with Gasteiger partial charge < -0.3 is 15.2 Å². The summed E-state index contributed by atoms with van der Waals surface area (Å²) in [5.41, 5.74) is 6.55. The predicted octanol–water partition coefficient (Wildman–Crippen LogP) is 1.86. The van der Waals surface area contributed by atoms with Gasteiger partial charge in [-0.25, -0.2) is 0 Å². The zero-order chi connectivity index (χ0) is 13.8. The van der Waals surface area contributed by atoms with Crippen LogP contribution < -0.4 is 10.5 Å². The number of carbonyl (C=O) groups is 1. The summed E-state index contributed by atoms with van der Waals surface area (Å²) in [7, 11) is 3.00. The van der Waals surface area contributed by atoms with Gasteiger partial charge in [0.25, 0.3) is 0 Å². The lowest BCUT2D eigenvalue weighted by Crippen LogP contribution is -2.42. The molecule has 0 aliphatic heterocycles. The van der Waals surface area contributed by atoms with Gasteiger partial charge in [0.15, 0.2) is 0 Å². The lowest BCUT2D eigenvalue weighted by molar-refractivity contribution is -0.142. The minimum atomic E-state index is -0.471. The Hall–Kier alpha value is -1.55. The largest absolute Gasteiger partial charge is 0.497 e. The number of nitrogens with two attached hydrogens (primary N) is 1. The van der Waals surface area contributed by atoms with Gasteiger partial charge in [0, 0.05) is 11.5 Å². The summed E-state index contributed by atoms with van der Waals surface area (Å²) < 4.78 is 9.95. The van der Waals surface area contributed by atoms with Gasteiger partial charge >= 0.3 is 5.97 Å². The first-order chi connectivity index (χ1) is 8.43. The minimum Gasteiger partial charge on any atom is -0.497 e. The molecule has 2 unspecified atom stereocenters. The molecule has 0 saturated carbocycles. The maximum Gasteiger partial charge on any atom is 0.306 e. The minimum absolute atomic E-state index is 0.177. The van der Waals surface area contributed by atoms with Gasteiger partial charge in [0.1, 0.15) is 5.75 Å². The van der Waals surface area contributed by atoms with Crippen LogP contribution in [-0.4, -0.2) is 26.2 Å². The Bertz CT molecular complexity index is 417. The molecule has 1 aromatic carbocycles. The van der Waals surface area contributed by atoms with E-state index in [4.69, 9.17) is 15.2 Å². The van der Waals surface area contributed by atoms with Crippen LogP contribution in [0.1, 0.15) is 25.8 Å². The van der Waals surface area contributed by atoms with Crippen molar-refractivity contribution in [3.63, 3.8) is 0 Å². The molecule has 2 N–H and O–H groups in total. The van der Waals surface area contributed by atoms with E-state index in [-0.39, 0.29) is 18.4 Å². The Morgan fingerprint density at radius 3 is 2.61 bits per heavy atom. The van der Waals surface area contributed by atoms with Crippen LogP contribution >= 0.6 is 0 Å². The van der Waals surface area contributed by atoms with E-state index in [1.54, 1.807) is 7.11 Å². The normalized spacial score (nSPS) is 15.6. The van der Waals surface area contributed by atoms with E-state index < -0.39 is 5.41 Å². The summed E-state index contributed by atoms with van der Waals surface area (Å²) in [5, 5.41) is 0. The molecule has 1 aromatic rings. The number of esters is 1. The van der Waals surface area contributed by atoms with Crippen molar-refractivity contribution in [2.45, 2.75) is 31.7 Å². The van der Waals surface area contributed by atoms with Crippen molar-refractivity contribution >= 4 is 5.97 Å². The fourth-order valence-corrected chi connectivity index (χ4v) is 1.88. The number of hydrogen-bond acceptors (Lipinski definition) is 4. The smallest absolute Gasteiger partial charge is 0.306 e. The highest BCUT2D eigenvalue weighted by Crippen LogP contribution is 2.32. The third kappa shape index (κ3) is 3.01. The molecule has 0 radical (unpaired) electrons. The summed E-state index contributed by atoms with van der Waals surface area (Å²) in [4.78, 5) is 11.6. The molecule has 0 aliphatic carbocycles. The zero-order valence-corrected chi connectivity index (χ0v) is 11.4. The molecule has 0 aromatic heterocycles. The maximum absolute atomic E-state index is 11.6. The van der Waals surface area contributed by atoms with Crippen LogP contribution in [0.3, 0.4) is 0 Å². The average molecular weight is 251 g/mol. The van der Waals surface area contributed by atoms with Crippen molar-refractivity contribution < 1.29 is 14.3 Å². The van der Waals surface area contributed by atoms with Crippen LogP contribution in [0.2, 0.25) is 0 Å². The molecular formula is C14H21NO3. The maximum atomic E-state index is 11.6. The molecule has 0 aliphatic rings. The Morgan fingerprint density at radius 1 is 1.44 bits per heavy atom. The predicted molar refractivity (Wildman–Crippen MR) is 70.6 cm³/mol. The first kappa shape index (κ1) is 14.5. The van der Waals surface area contributed by atoms with Crippen molar-refractivity contribution in [1.82, 2.24) is 0 Å². The lowest BCUT2D eigenvalue weighted by Gasteiger charge is -2.33. The summed E-state index contributed by atoms with van der Waals surface area (Å²) in [6.07, 6.45) is 0.244. The molecule has 0 amide bonds. The lowest BCUT2D eigenvalue weighted by atomic mass is 9.74. The standard InChI is InChI=1S/C14H21NO3/c1-10(15)14(2,9-13(16)18-4)11-6-5-7-12(8-11)17-3/h5-8,10H,9,15H2,1-4H3. The fraction of sp³-hybridized carbons (Fsp3) is 0.500. The van der Waals surface area contributed by atoms with Gasteiger partial charge in [-0.2, -0.15) is 0 Å². The second-order valence-electron chi connectivity index (χ2n) is 4.69. The van der Waals surface area contributed by atoms with Gasteiger partial charge in [-0.15, -0.1) is 0 Å². The molecule has 100 valence electrons. The Balaban J connectivity index is 3.13. The van der Waals surface area contributed by atoms with Gasteiger partial charge in [0.2, 0.25) is 0 Å². The van der Waals surface area contributed by atoms with Crippen molar-refractivity contribution in [1.29, 1.82) is 0 Å². The summed E-state index contributed by atoms with van der Waals surface area (Å²) in [5.74, 6) is 0.488. The Labute approximate surface area is 108 Å². The highest BCUT2D eigenvalue weighted by Gasteiger charge is 2.34.